The third-order valence-corrected chi connectivity index (χ3v) is 0. The molecule has 0 atom stereocenters. The molecular weight excluding hydrogens is 547 g/mol. The van der Waals surface area contributed by atoms with Gasteiger partial charge >= 0.3 is 74.6 Å². The van der Waals surface area contributed by atoms with Crippen molar-refractivity contribution in [2.75, 3.05) is 0 Å². The van der Waals surface area contributed by atoms with Crippen LogP contribution in [-0.2, 0) is 0 Å². The molecule has 0 amide bonds. The van der Waals surface area contributed by atoms with Gasteiger partial charge in [-0.05, 0) is 0 Å². The van der Waals surface area contributed by atoms with Crippen LogP contribution < -0.4 is 74.4 Å². The molecule has 0 saturated heterocycles. The minimum atomic E-state index is 0. The molecule has 0 aromatic carbocycles. The summed E-state index contributed by atoms with van der Waals surface area (Å²) in [5.41, 5.74) is 0. The van der Waals surface area contributed by atoms with Gasteiger partial charge in [0.05, 0.1) is 0 Å². The first-order valence-corrected chi connectivity index (χ1v) is 0. The van der Waals surface area contributed by atoms with Gasteiger partial charge in [-0.1, -0.05) is 0 Å². The monoisotopic (exact) mass is 542 g/mol. The largest absolute Gasteiger partial charge is 3.00 e. The van der Waals surface area contributed by atoms with Crippen molar-refractivity contribution in [1.29, 1.82) is 0 Å². The molecule has 0 spiro atoms. The number of halogens is 6. The molecule has 0 saturated carbocycles. The van der Waals surface area contributed by atoms with Gasteiger partial charge in [-0.2, -0.15) is 0 Å². The fourth-order valence-electron chi connectivity index (χ4n) is 0. The van der Waals surface area contributed by atoms with Crippen LogP contribution in [0.4, 0.5) is 0 Å². The molecule has 8 heavy (non-hydrogen) atoms. The third kappa shape index (κ3) is 48.7. The quantitative estimate of drug-likeness (QED) is 0.283. The summed E-state index contributed by atoms with van der Waals surface area (Å²) in [6.45, 7) is 0. The van der Waals surface area contributed by atoms with Crippen molar-refractivity contribution >= 4 is 0 Å². The summed E-state index contributed by atoms with van der Waals surface area (Å²) in [7, 11) is 0. The molecule has 0 heterocycles. The second kappa shape index (κ2) is 65.6. The predicted molar refractivity (Wildman–Crippen MR) is 0 cm³/mol. The smallest absolute Gasteiger partial charge is 1.00 e. The molecule has 0 unspecified atom stereocenters. The standard InChI is InChI=1S/6ClH.2Er/h6*1H;;/q;;;;;;2*+3/p-6. The van der Waals surface area contributed by atoms with Crippen molar-refractivity contribution in [2.45, 2.75) is 0 Å². The van der Waals surface area contributed by atoms with E-state index < -0.39 is 0 Å². The van der Waals surface area contributed by atoms with Gasteiger partial charge in [0.1, 0.15) is 0 Å². The molecule has 8 heteroatoms. The Morgan fingerprint density at radius 1 is 0.250 bits per heavy atom. The first-order valence-electron chi connectivity index (χ1n) is 0. The summed E-state index contributed by atoms with van der Waals surface area (Å²) in [6, 6.07) is 0. The fraction of sp³-hybridized carbons (Fsp3) is 0. The molecule has 66 valence electrons. The molecule has 0 bridgehead atoms. The van der Waals surface area contributed by atoms with Gasteiger partial charge in [0, 0.05) is 0 Å². The molecule has 0 aliphatic rings. The van der Waals surface area contributed by atoms with E-state index >= 15 is 0 Å². The average molecular weight is 547 g/mol. The summed E-state index contributed by atoms with van der Waals surface area (Å²) in [5.74, 6) is 0. The zero-order chi connectivity index (χ0) is 0. The Morgan fingerprint density at radius 2 is 0.250 bits per heavy atom. The van der Waals surface area contributed by atoms with Crippen LogP contribution in [0.5, 0.6) is 0 Å². The van der Waals surface area contributed by atoms with Crippen LogP contribution in [0.3, 0.4) is 0 Å². The van der Waals surface area contributed by atoms with Crippen LogP contribution in [-0.4, -0.2) is 0 Å². The van der Waals surface area contributed by atoms with E-state index in [4.69, 9.17) is 0 Å². The Kier molecular flexibility index (Phi) is 707. The fourth-order valence-corrected chi connectivity index (χ4v) is 0. The molecule has 0 aliphatic carbocycles. The van der Waals surface area contributed by atoms with Gasteiger partial charge in [0.15, 0.2) is 0 Å². The van der Waals surface area contributed by atoms with E-state index in [1.54, 1.807) is 0 Å². The van der Waals surface area contributed by atoms with E-state index in [0.29, 0.717) is 0 Å². The average Bonchev–Trinajstić information content (AvgIpc) is 0. The minimum absolute atomic E-state index is 0. The Hall–Kier alpha value is 4.23. The van der Waals surface area contributed by atoms with E-state index in [0.717, 1.165) is 0 Å². The Labute approximate surface area is 146 Å². The maximum atomic E-state index is 0. The Morgan fingerprint density at radius 3 is 0.250 bits per heavy atom. The maximum absolute atomic E-state index is 0. The summed E-state index contributed by atoms with van der Waals surface area (Å²) in [5, 5.41) is 0. The van der Waals surface area contributed by atoms with Gasteiger partial charge in [-0.15, -0.1) is 0 Å². The zero-order valence-corrected chi connectivity index (χ0v) is 11.1. The molecule has 0 aliphatic heterocycles. The van der Waals surface area contributed by atoms with E-state index in [9.17, 15) is 0 Å². The van der Waals surface area contributed by atoms with Crippen molar-refractivity contribution < 1.29 is 149 Å². The van der Waals surface area contributed by atoms with Gasteiger partial charge in [0.2, 0.25) is 0 Å². The normalized spacial score (nSPS) is 0. The molecule has 0 fully saturated rings. The third-order valence-electron chi connectivity index (χ3n) is 0. The van der Waals surface area contributed by atoms with Crippen molar-refractivity contribution in [1.82, 2.24) is 0 Å². The first kappa shape index (κ1) is 86.1. The van der Waals surface area contributed by atoms with Crippen LogP contribution in [0, 0.1) is 74.6 Å². The number of rotatable bonds is 0. The first-order chi connectivity index (χ1) is 0. The zero-order valence-electron chi connectivity index (χ0n) is 2.85. The maximum Gasteiger partial charge on any atom is 3.00 e. The minimum Gasteiger partial charge on any atom is -1.00 e. The van der Waals surface area contributed by atoms with E-state index in [2.05, 4.69) is 0 Å². The summed E-state index contributed by atoms with van der Waals surface area (Å²) in [6.07, 6.45) is 0. The van der Waals surface area contributed by atoms with Gasteiger partial charge in [-0.3, -0.25) is 0 Å². The van der Waals surface area contributed by atoms with Gasteiger partial charge < -0.3 is 74.4 Å². The second-order valence-corrected chi connectivity index (χ2v) is 0. The molecule has 0 aromatic heterocycles. The summed E-state index contributed by atoms with van der Waals surface area (Å²) >= 11 is 0. The van der Waals surface area contributed by atoms with Gasteiger partial charge in [0.25, 0.3) is 0 Å². The van der Waals surface area contributed by atoms with Crippen LogP contribution in [0.15, 0.2) is 0 Å². The number of hydrogen-bond acceptors (Lipinski definition) is 0. The Balaban J connectivity index is 0. The van der Waals surface area contributed by atoms with Crippen molar-refractivity contribution in [3.8, 4) is 0 Å². The molecule has 0 aromatic rings. The Bertz CT molecular complexity index is 6.49. The van der Waals surface area contributed by atoms with Crippen LogP contribution in [0.25, 0.3) is 0 Å². The van der Waals surface area contributed by atoms with E-state index in [1.807, 2.05) is 0 Å². The summed E-state index contributed by atoms with van der Waals surface area (Å²) < 4.78 is 0. The SMILES string of the molecule is [Cl-].[Cl-].[Cl-].[Cl-].[Cl-].[Cl-].[Er+3].[Er+3]. The second-order valence-electron chi connectivity index (χ2n) is 0. The van der Waals surface area contributed by atoms with Crippen molar-refractivity contribution in [3.63, 3.8) is 0 Å². The van der Waals surface area contributed by atoms with Crippen LogP contribution in [0.2, 0.25) is 0 Å². The molecule has 2 radical (unpaired) electrons. The molecule has 0 N–H and O–H groups in total. The van der Waals surface area contributed by atoms with Crippen molar-refractivity contribution in [2.24, 2.45) is 0 Å². The van der Waals surface area contributed by atoms with E-state index in [1.165, 1.54) is 0 Å². The van der Waals surface area contributed by atoms with Crippen molar-refractivity contribution in [3.05, 3.63) is 0 Å². The molecule has 0 rings (SSSR count). The summed E-state index contributed by atoms with van der Waals surface area (Å²) in [4.78, 5) is 0. The number of hydrogen-bond donors (Lipinski definition) is 0. The van der Waals surface area contributed by atoms with Crippen LogP contribution in [0.1, 0.15) is 0 Å². The molecule has 0 nitrogen and oxygen atoms in total. The predicted octanol–water partition coefficient (Wildman–Crippen LogP) is -18.0. The van der Waals surface area contributed by atoms with Gasteiger partial charge in [-0.25, -0.2) is 0 Å². The van der Waals surface area contributed by atoms with Crippen LogP contribution >= 0.6 is 0 Å². The van der Waals surface area contributed by atoms with E-state index in [-0.39, 0.29) is 149 Å². The molecular formula is Cl6Er2. The topological polar surface area (TPSA) is 0 Å².